The van der Waals surface area contributed by atoms with Crippen LogP contribution in [-0.2, 0) is 9.63 Å². The highest BCUT2D eigenvalue weighted by atomic mass is 19.1. The van der Waals surface area contributed by atoms with E-state index in [1.54, 1.807) is 13.8 Å². The lowest BCUT2D eigenvalue weighted by molar-refractivity contribution is -0.151. The third kappa shape index (κ3) is 3.93. The summed E-state index contributed by atoms with van der Waals surface area (Å²) in [7, 11) is 0. The van der Waals surface area contributed by atoms with E-state index in [9.17, 15) is 9.18 Å². The number of carbonyl (C=O) groups excluding carboxylic acids is 1. The minimum atomic E-state index is -1.09. The van der Waals surface area contributed by atoms with E-state index in [-0.39, 0.29) is 17.8 Å². The Labute approximate surface area is 118 Å². The number of ether oxygens (including phenoxy) is 1. The largest absolute Gasteiger partial charge is 0.478 e. The van der Waals surface area contributed by atoms with Crippen LogP contribution in [0.4, 0.5) is 4.39 Å². The number of amides is 1. The number of halogens is 1. The molecule has 0 atom stereocenters. The van der Waals surface area contributed by atoms with Crippen molar-refractivity contribution in [2.24, 2.45) is 0 Å². The molecule has 1 N–H and O–H groups in total. The van der Waals surface area contributed by atoms with Gasteiger partial charge in [-0.15, -0.1) is 0 Å². The summed E-state index contributed by atoms with van der Waals surface area (Å²) in [4.78, 5) is 17.4. The zero-order valence-electron chi connectivity index (χ0n) is 11.8. The number of hydrogen-bond acceptors (Lipinski definition) is 3. The van der Waals surface area contributed by atoms with Crippen LogP contribution in [0.15, 0.2) is 24.3 Å². The first kappa shape index (κ1) is 14.8. The predicted octanol–water partition coefficient (Wildman–Crippen LogP) is 2.97. The van der Waals surface area contributed by atoms with Crippen molar-refractivity contribution in [3.63, 3.8) is 0 Å². The summed E-state index contributed by atoms with van der Waals surface area (Å²) in [6.07, 6.45) is 4.31. The summed E-state index contributed by atoms with van der Waals surface area (Å²) in [6, 6.07) is 5.56. The lowest BCUT2D eigenvalue weighted by atomic mass is 10.1. The van der Waals surface area contributed by atoms with E-state index in [1.807, 2.05) is 0 Å². The van der Waals surface area contributed by atoms with Crippen LogP contribution in [-0.4, -0.2) is 17.6 Å². The standard InChI is InChI=1S/C15H20FNO3/c1-15(2,19-12-9-7-11(16)8-10-12)14(18)17-20-13-5-3-4-6-13/h7-10,13H,3-6H2,1-2H3,(H,17,18). The first-order valence-corrected chi connectivity index (χ1v) is 6.88. The Balaban J connectivity index is 1.87. The van der Waals surface area contributed by atoms with E-state index in [0.29, 0.717) is 5.75 Å². The highest BCUT2D eigenvalue weighted by Crippen LogP contribution is 2.21. The molecule has 20 heavy (non-hydrogen) atoms. The number of hydroxylamine groups is 1. The van der Waals surface area contributed by atoms with Crippen molar-refractivity contribution < 1.29 is 18.8 Å². The lowest BCUT2D eigenvalue weighted by Crippen LogP contribution is -2.47. The molecule has 1 aromatic carbocycles. The van der Waals surface area contributed by atoms with Crippen molar-refractivity contribution in [2.45, 2.75) is 51.2 Å². The van der Waals surface area contributed by atoms with Crippen LogP contribution in [0.25, 0.3) is 0 Å². The summed E-state index contributed by atoms with van der Waals surface area (Å²) >= 11 is 0. The number of rotatable bonds is 5. The maximum absolute atomic E-state index is 12.8. The van der Waals surface area contributed by atoms with Gasteiger partial charge < -0.3 is 4.74 Å². The van der Waals surface area contributed by atoms with Gasteiger partial charge in [-0.3, -0.25) is 9.63 Å². The Morgan fingerprint density at radius 2 is 1.85 bits per heavy atom. The Bertz CT molecular complexity index is 453. The number of hydrogen-bond donors (Lipinski definition) is 1. The van der Waals surface area contributed by atoms with Crippen molar-refractivity contribution >= 4 is 5.91 Å². The molecule has 1 fully saturated rings. The quantitative estimate of drug-likeness (QED) is 0.844. The van der Waals surface area contributed by atoms with Crippen LogP contribution in [0.2, 0.25) is 0 Å². The number of benzene rings is 1. The van der Waals surface area contributed by atoms with Gasteiger partial charge in [0.1, 0.15) is 11.6 Å². The Hall–Kier alpha value is -1.62. The molecule has 1 aliphatic rings. The van der Waals surface area contributed by atoms with E-state index in [4.69, 9.17) is 9.57 Å². The van der Waals surface area contributed by atoms with Gasteiger partial charge in [0, 0.05) is 0 Å². The average molecular weight is 281 g/mol. The molecule has 1 aromatic rings. The van der Waals surface area contributed by atoms with Gasteiger partial charge in [-0.25, -0.2) is 9.87 Å². The van der Waals surface area contributed by atoms with Crippen LogP contribution in [0, 0.1) is 5.82 Å². The molecule has 0 aromatic heterocycles. The fourth-order valence-corrected chi connectivity index (χ4v) is 2.11. The van der Waals surface area contributed by atoms with Crippen molar-refractivity contribution in [3.05, 3.63) is 30.1 Å². The van der Waals surface area contributed by atoms with Crippen LogP contribution in [0.5, 0.6) is 5.75 Å². The fraction of sp³-hybridized carbons (Fsp3) is 0.533. The zero-order chi connectivity index (χ0) is 14.6. The van der Waals surface area contributed by atoms with E-state index in [1.165, 1.54) is 24.3 Å². The van der Waals surface area contributed by atoms with E-state index in [2.05, 4.69) is 5.48 Å². The van der Waals surface area contributed by atoms with Crippen LogP contribution in [0.3, 0.4) is 0 Å². The number of nitrogens with one attached hydrogen (secondary N) is 1. The van der Waals surface area contributed by atoms with E-state index >= 15 is 0 Å². The maximum atomic E-state index is 12.8. The second kappa shape index (κ2) is 6.22. The summed E-state index contributed by atoms with van der Waals surface area (Å²) < 4.78 is 18.4. The average Bonchev–Trinajstić information content (AvgIpc) is 2.91. The molecule has 0 heterocycles. The fourth-order valence-electron chi connectivity index (χ4n) is 2.11. The number of carbonyl (C=O) groups is 1. The van der Waals surface area contributed by atoms with Crippen LogP contribution in [0.1, 0.15) is 39.5 Å². The monoisotopic (exact) mass is 281 g/mol. The first-order valence-electron chi connectivity index (χ1n) is 6.88. The van der Waals surface area contributed by atoms with Gasteiger partial charge in [0.05, 0.1) is 6.10 Å². The Morgan fingerprint density at radius 1 is 1.25 bits per heavy atom. The topological polar surface area (TPSA) is 47.6 Å². The van der Waals surface area contributed by atoms with E-state index < -0.39 is 5.60 Å². The minimum absolute atomic E-state index is 0.0978. The Morgan fingerprint density at radius 3 is 2.45 bits per heavy atom. The van der Waals surface area contributed by atoms with Gasteiger partial charge in [-0.2, -0.15) is 0 Å². The third-order valence-electron chi connectivity index (χ3n) is 3.35. The molecule has 0 bridgehead atoms. The van der Waals surface area contributed by atoms with Crippen molar-refractivity contribution in [2.75, 3.05) is 0 Å². The summed E-state index contributed by atoms with van der Waals surface area (Å²) in [5.74, 6) is -0.259. The highest BCUT2D eigenvalue weighted by molar-refractivity contribution is 5.83. The molecule has 110 valence electrons. The molecule has 4 nitrogen and oxygen atoms in total. The van der Waals surface area contributed by atoms with Crippen molar-refractivity contribution in [1.82, 2.24) is 5.48 Å². The lowest BCUT2D eigenvalue weighted by Gasteiger charge is -2.25. The third-order valence-corrected chi connectivity index (χ3v) is 3.35. The molecular formula is C15H20FNO3. The molecule has 1 saturated carbocycles. The molecule has 2 rings (SSSR count). The zero-order valence-corrected chi connectivity index (χ0v) is 11.8. The Kier molecular flexibility index (Phi) is 4.60. The summed E-state index contributed by atoms with van der Waals surface area (Å²) in [5, 5.41) is 0. The van der Waals surface area contributed by atoms with Crippen LogP contribution >= 0.6 is 0 Å². The van der Waals surface area contributed by atoms with Gasteiger partial charge in [-0.1, -0.05) is 12.8 Å². The van der Waals surface area contributed by atoms with Crippen molar-refractivity contribution in [3.8, 4) is 5.75 Å². The molecule has 1 amide bonds. The van der Waals surface area contributed by atoms with Gasteiger partial charge in [0.15, 0.2) is 5.60 Å². The molecule has 0 aliphatic heterocycles. The van der Waals surface area contributed by atoms with Gasteiger partial charge in [0.2, 0.25) is 0 Å². The molecule has 0 radical (unpaired) electrons. The van der Waals surface area contributed by atoms with Gasteiger partial charge in [0.25, 0.3) is 5.91 Å². The predicted molar refractivity (Wildman–Crippen MR) is 72.6 cm³/mol. The smallest absolute Gasteiger partial charge is 0.287 e. The molecule has 1 aliphatic carbocycles. The SMILES string of the molecule is CC(C)(Oc1ccc(F)cc1)C(=O)NOC1CCCC1. The summed E-state index contributed by atoms with van der Waals surface area (Å²) in [6.45, 7) is 3.29. The molecule has 0 saturated heterocycles. The van der Waals surface area contributed by atoms with Crippen LogP contribution < -0.4 is 10.2 Å². The molecular weight excluding hydrogens is 261 g/mol. The second-order valence-electron chi connectivity index (χ2n) is 5.52. The van der Waals surface area contributed by atoms with Gasteiger partial charge >= 0.3 is 0 Å². The van der Waals surface area contributed by atoms with Gasteiger partial charge in [-0.05, 0) is 51.0 Å². The van der Waals surface area contributed by atoms with Crippen molar-refractivity contribution in [1.29, 1.82) is 0 Å². The molecule has 5 heteroatoms. The first-order chi connectivity index (χ1) is 9.47. The minimum Gasteiger partial charge on any atom is -0.478 e. The second-order valence-corrected chi connectivity index (χ2v) is 5.52. The van der Waals surface area contributed by atoms with E-state index in [0.717, 1.165) is 25.7 Å². The highest BCUT2D eigenvalue weighted by Gasteiger charge is 2.31. The normalized spacial score (nSPS) is 16.1. The molecule has 0 spiro atoms. The summed E-state index contributed by atoms with van der Waals surface area (Å²) in [5.41, 5.74) is 1.37. The maximum Gasteiger partial charge on any atom is 0.287 e. The molecule has 0 unspecified atom stereocenters.